The zero-order chi connectivity index (χ0) is 61.6. The number of amides is 1. The van der Waals surface area contributed by atoms with Crippen molar-refractivity contribution in [1.82, 2.24) is 26.2 Å². The zero-order valence-electron chi connectivity index (χ0n) is 52.8. The topological polar surface area (TPSA) is 231 Å². The van der Waals surface area contributed by atoms with Gasteiger partial charge >= 0.3 is 11.9 Å². The molecule has 2 saturated carbocycles. The summed E-state index contributed by atoms with van der Waals surface area (Å²) < 4.78 is 20.9. The first-order valence-electron chi connectivity index (χ1n) is 34.1. The van der Waals surface area contributed by atoms with Gasteiger partial charge in [-0.1, -0.05) is 78.3 Å². The van der Waals surface area contributed by atoms with Gasteiger partial charge in [-0.3, -0.25) is 9.59 Å². The largest absolute Gasteiger partial charge is 0.508 e. The Bertz CT molecular complexity index is 2760. The number of carbonyl (C=O) groups excluding carboxylic acids is 3. The van der Waals surface area contributed by atoms with Crippen molar-refractivity contribution in [3.8, 4) is 29.1 Å². The molecule has 0 radical (unpaired) electrons. The number of rotatable bonds is 15. The first kappa shape index (κ1) is 65.7. The van der Waals surface area contributed by atoms with Gasteiger partial charge in [0.2, 0.25) is 5.91 Å². The van der Waals surface area contributed by atoms with E-state index in [1.807, 2.05) is 19.1 Å². The molecule has 18 heteroatoms. The third kappa shape index (κ3) is 14.7. The Kier molecular flexibility index (Phi) is 21.7. The summed E-state index contributed by atoms with van der Waals surface area (Å²) in [4.78, 5) is 46.1. The van der Waals surface area contributed by atoms with Crippen LogP contribution in [0.1, 0.15) is 178 Å². The van der Waals surface area contributed by atoms with Crippen LogP contribution in [0.3, 0.4) is 0 Å². The minimum absolute atomic E-state index is 0.0239. The van der Waals surface area contributed by atoms with E-state index < -0.39 is 52.7 Å². The number of aliphatic hydroxyl groups is 3. The molecule has 0 bridgehead atoms. The molecule has 5 heterocycles. The van der Waals surface area contributed by atoms with Crippen LogP contribution in [0.5, 0.6) is 17.2 Å². The normalized spacial score (nSPS) is 34.9. The second-order valence-electron chi connectivity index (χ2n) is 29.1. The number of nitrogens with one attached hydrogen (secondary N) is 4. The highest BCUT2D eigenvalue weighted by atomic mass is 33.1. The molecule has 5 aliphatic heterocycles. The number of esters is 2. The van der Waals surface area contributed by atoms with Gasteiger partial charge in [-0.2, -0.15) is 0 Å². The van der Waals surface area contributed by atoms with Crippen molar-refractivity contribution in [3.63, 3.8) is 0 Å². The van der Waals surface area contributed by atoms with E-state index >= 15 is 4.79 Å². The van der Waals surface area contributed by atoms with Gasteiger partial charge in [0.05, 0.1) is 18.3 Å². The van der Waals surface area contributed by atoms with Gasteiger partial charge < -0.3 is 65.9 Å². The number of ether oxygens (including phenoxy) is 3. The quantitative estimate of drug-likeness (QED) is 0.0461. The molecule has 11 rings (SSSR count). The summed E-state index contributed by atoms with van der Waals surface area (Å²) >= 11 is 0. The lowest BCUT2D eigenvalue weighted by Crippen LogP contribution is -2.65. The average molecular weight is 1250 g/mol. The first-order chi connectivity index (χ1) is 42.5. The maximum Gasteiger partial charge on any atom is 0.332 e. The Labute approximate surface area is 531 Å². The number of carbonyl (C=O) groups is 3. The molecule has 6 fully saturated rings. The summed E-state index contributed by atoms with van der Waals surface area (Å²) in [5.41, 5.74) is -0.369. The monoisotopic (exact) mass is 1250 g/mol. The van der Waals surface area contributed by atoms with Crippen LogP contribution in [0.2, 0.25) is 0 Å². The fourth-order valence-electron chi connectivity index (χ4n) is 18.6. The minimum atomic E-state index is -1.21. The van der Waals surface area contributed by atoms with Crippen molar-refractivity contribution >= 4 is 39.4 Å². The van der Waals surface area contributed by atoms with Crippen LogP contribution in [0.15, 0.2) is 36.4 Å². The van der Waals surface area contributed by atoms with Crippen LogP contribution in [0.25, 0.3) is 0 Å². The second kappa shape index (κ2) is 29.0. The third-order valence-electron chi connectivity index (χ3n) is 23.2. The average Bonchev–Trinajstić information content (AvgIpc) is 0.900. The molecule has 2 aromatic carbocycles. The summed E-state index contributed by atoms with van der Waals surface area (Å²) in [5.74, 6) is 7.77. The van der Waals surface area contributed by atoms with E-state index in [1.54, 1.807) is 39.8 Å². The van der Waals surface area contributed by atoms with Gasteiger partial charge in [0.15, 0.2) is 11.5 Å². The number of hydrogen-bond donors (Lipinski definition) is 9. The van der Waals surface area contributed by atoms with Crippen molar-refractivity contribution in [2.24, 2.45) is 52.3 Å². The van der Waals surface area contributed by atoms with E-state index in [1.165, 1.54) is 6.92 Å². The van der Waals surface area contributed by atoms with Gasteiger partial charge in [0, 0.05) is 117 Å². The number of piperazine rings is 1. The Morgan fingerprint density at radius 2 is 1.68 bits per heavy atom. The molecule has 16 nitrogen and oxygen atoms in total. The van der Waals surface area contributed by atoms with Crippen LogP contribution < -0.4 is 26.0 Å². The molecule has 1 spiro atoms. The lowest BCUT2D eigenvalue weighted by molar-refractivity contribution is -0.183. The van der Waals surface area contributed by atoms with Crippen molar-refractivity contribution in [3.05, 3.63) is 53.1 Å². The molecule has 15 atom stereocenters. The maximum absolute atomic E-state index is 15.9. The van der Waals surface area contributed by atoms with Crippen molar-refractivity contribution in [2.75, 3.05) is 77.1 Å². The highest BCUT2D eigenvalue weighted by molar-refractivity contribution is 8.76. The number of piperidine rings is 2. The Morgan fingerprint density at radius 3 is 2.44 bits per heavy atom. The number of hydrogen-bond acceptors (Lipinski definition) is 17. The highest BCUT2D eigenvalue weighted by Gasteiger charge is 2.61. The molecule has 15 unspecified atom stereocenters. The number of aliphatic hydroxyl groups excluding tert-OH is 2. The van der Waals surface area contributed by atoms with Crippen molar-refractivity contribution < 1.29 is 54.1 Å². The third-order valence-corrected chi connectivity index (χ3v) is 25.8. The highest BCUT2D eigenvalue weighted by Crippen LogP contribution is 2.65. The molecule has 9 aliphatic rings. The van der Waals surface area contributed by atoms with Crippen LogP contribution in [-0.2, 0) is 30.3 Å². The summed E-state index contributed by atoms with van der Waals surface area (Å²) in [6, 6.07) is 11.0. The second-order valence-corrected chi connectivity index (χ2v) is 31.6. The standard InChI is InChI=1S/C70H103N5O11S2/c1-45(22-32-75-33-30-72-31-34-75)35-48(36-47-12-15-52(78)16-13-47)40-73-57-42-87-88-44-67(3,83)39-50-10-8-9-49-37-55-56(68(43-76)23-6-7-24-68)41-84-65-59(80)20-18-54(63(55)65)64(49)69(26-28-71-29-27-69)61(38-60(85-46(2)77)53(50)17-19-58(57)79)86-66(82)70-25-5-4-11-51(70)14-21-62(81)74-70/h12-13,15-16,18,20,45,48-51,53,55-58,60-61,64,71-73,76,78-80,83H,4-7,10-11,14,17,19,21-44H2,1-3H3,(H,74,81). The molecule has 4 saturated heterocycles. The Balaban J connectivity index is 0.971. The smallest absolute Gasteiger partial charge is 0.332 e. The molecular weight excluding hydrogens is 1150 g/mol. The van der Waals surface area contributed by atoms with Crippen molar-refractivity contribution in [2.45, 2.75) is 203 Å². The summed E-state index contributed by atoms with van der Waals surface area (Å²) in [7, 11) is 3.29. The van der Waals surface area contributed by atoms with E-state index in [4.69, 9.17) is 14.2 Å². The number of nitrogens with zero attached hydrogens (tertiary/aromatic N) is 1. The van der Waals surface area contributed by atoms with E-state index in [0.717, 1.165) is 114 Å². The molecular formula is C70H103N5O11S2. The summed E-state index contributed by atoms with van der Waals surface area (Å²) in [6.07, 6.45) is 11.8. The van der Waals surface area contributed by atoms with Crippen molar-refractivity contribution in [1.29, 1.82) is 0 Å². The van der Waals surface area contributed by atoms with Crippen LogP contribution >= 0.6 is 21.6 Å². The molecule has 4 aliphatic carbocycles. The number of benzene rings is 2. The molecule has 2 aromatic rings. The molecule has 1 amide bonds. The first-order valence-corrected chi connectivity index (χ1v) is 36.5. The molecule has 0 aromatic heterocycles. The minimum Gasteiger partial charge on any atom is -0.508 e. The molecule has 9 N–H and O–H groups in total. The number of phenols is 2. The summed E-state index contributed by atoms with van der Waals surface area (Å²) in [6.45, 7) is 13.3. The van der Waals surface area contributed by atoms with E-state index in [2.05, 4.69) is 51.0 Å². The fourth-order valence-corrected chi connectivity index (χ4v) is 21.4. The lowest BCUT2D eigenvalue weighted by atomic mass is 9.51. The Morgan fingerprint density at radius 1 is 0.920 bits per heavy atom. The number of fused-ring (bicyclic) bond motifs is 5. The van der Waals surface area contributed by atoms with E-state index in [0.29, 0.717) is 114 Å². The predicted octanol–water partition coefficient (Wildman–Crippen LogP) is 8.74. The SMILES string of the molecule is CC(=O)OC1CC(OC(=O)C23CCCCC2CCC(=O)N3)C2(CCNCC2)C2c3ccc(O)c4c3C(CC2C#CCC2CC(C)(O)CSSCC(NCC(Cc3ccc(O)cc3)CC(C)CCN3CCNCC3)C(O)CCC21)C(C1(CO)CCCC1)CO4. The van der Waals surface area contributed by atoms with Gasteiger partial charge in [-0.25, -0.2) is 4.79 Å². The van der Waals surface area contributed by atoms with Gasteiger partial charge in [-0.15, -0.1) is 5.92 Å². The summed E-state index contributed by atoms with van der Waals surface area (Å²) in [5, 5.41) is 73.1. The predicted molar refractivity (Wildman–Crippen MR) is 345 cm³/mol. The number of aromatic hydroxyl groups is 2. The number of phenolic OH excluding ortho intramolecular Hbond substituents is 2. The van der Waals surface area contributed by atoms with Crippen LogP contribution in [0.4, 0.5) is 0 Å². The fraction of sp³-hybridized carbons (Fsp3) is 0.757. The van der Waals surface area contributed by atoms with E-state index in [9.17, 15) is 35.1 Å². The lowest BCUT2D eigenvalue weighted by Gasteiger charge is -2.56. The molecule has 486 valence electrons. The van der Waals surface area contributed by atoms with Crippen LogP contribution in [-0.4, -0.2) is 161 Å². The van der Waals surface area contributed by atoms with Gasteiger partial charge in [-0.05, 0) is 182 Å². The van der Waals surface area contributed by atoms with Gasteiger partial charge in [0.1, 0.15) is 23.5 Å². The Hall–Kier alpha value is -3.77. The maximum atomic E-state index is 15.9. The van der Waals surface area contributed by atoms with E-state index in [-0.39, 0.29) is 83.3 Å². The van der Waals surface area contributed by atoms with Crippen LogP contribution in [0, 0.1) is 64.1 Å². The molecule has 88 heavy (non-hydrogen) atoms. The van der Waals surface area contributed by atoms with Gasteiger partial charge in [0.25, 0.3) is 0 Å². The zero-order valence-corrected chi connectivity index (χ0v) is 54.4.